The van der Waals surface area contributed by atoms with Crippen LogP contribution in [0.1, 0.15) is 24.7 Å². The van der Waals surface area contributed by atoms with Gasteiger partial charge in [0.05, 0.1) is 22.4 Å². The molecular weight excluding hydrogens is 388 g/mol. The summed E-state index contributed by atoms with van der Waals surface area (Å²) in [6, 6.07) is 4.48. The van der Waals surface area contributed by atoms with Gasteiger partial charge in [0.2, 0.25) is 0 Å². The van der Waals surface area contributed by atoms with E-state index in [0.29, 0.717) is 34.5 Å². The van der Waals surface area contributed by atoms with Gasteiger partial charge >= 0.3 is 12.7 Å². The van der Waals surface area contributed by atoms with Crippen molar-refractivity contribution in [2.75, 3.05) is 6.54 Å². The first-order chi connectivity index (χ1) is 11.5. The summed E-state index contributed by atoms with van der Waals surface area (Å²) < 4.78 is 29.8. The Labute approximate surface area is 144 Å². The highest BCUT2D eigenvalue weighted by Gasteiger charge is 2.31. The standard InChI is InChI=1S/C15H14BrF2N3O3/c16-9-4-3-8(6-12(9)24-14(17)18)10-7-19-13(20-10)11-2-1-5-21(11)15(22)23/h3-4,6-7,11,14H,1-2,5H2,(H,19,20)(H,22,23). The van der Waals surface area contributed by atoms with Gasteiger partial charge in [-0.05, 0) is 40.9 Å². The second-order valence-electron chi connectivity index (χ2n) is 5.34. The number of rotatable bonds is 4. The molecule has 2 aromatic rings. The second-order valence-corrected chi connectivity index (χ2v) is 6.19. The van der Waals surface area contributed by atoms with E-state index in [1.807, 2.05) is 0 Å². The average molecular weight is 402 g/mol. The molecule has 0 aliphatic carbocycles. The lowest BCUT2D eigenvalue weighted by Crippen LogP contribution is -2.29. The second kappa shape index (κ2) is 6.76. The fourth-order valence-electron chi connectivity index (χ4n) is 2.79. The van der Waals surface area contributed by atoms with Gasteiger partial charge in [-0.1, -0.05) is 6.07 Å². The zero-order valence-electron chi connectivity index (χ0n) is 12.4. The number of hydrogen-bond acceptors (Lipinski definition) is 3. The van der Waals surface area contributed by atoms with Crippen molar-refractivity contribution in [3.63, 3.8) is 0 Å². The molecule has 3 rings (SSSR count). The van der Waals surface area contributed by atoms with E-state index in [4.69, 9.17) is 0 Å². The van der Waals surface area contributed by atoms with Gasteiger partial charge < -0.3 is 14.8 Å². The van der Waals surface area contributed by atoms with Gasteiger partial charge in [-0.25, -0.2) is 9.78 Å². The summed E-state index contributed by atoms with van der Waals surface area (Å²) >= 11 is 3.16. The predicted molar refractivity (Wildman–Crippen MR) is 85.1 cm³/mol. The third-order valence-corrected chi connectivity index (χ3v) is 4.52. The van der Waals surface area contributed by atoms with Gasteiger partial charge in [0.1, 0.15) is 11.6 Å². The third kappa shape index (κ3) is 3.35. The van der Waals surface area contributed by atoms with E-state index in [1.54, 1.807) is 18.3 Å². The Morgan fingerprint density at radius 2 is 2.29 bits per heavy atom. The molecule has 9 heteroatoms. The van der Waals surface area contributed by atoms with Crippen molar-refractivity contribution < 1.29 is 23.4 Å². The number of carboxylic acid groups (broad SMARTS) is 1. The molecule has 1 atom stereocenters. The summed E-state index contributed by atoms with van der Waals surface area (Å²) in [5, 5.41) is 9.21. The number of ether oxygens (including phenoxy) is 1. The number of aromatic nitrogens is 2. The van der Waals surface area contributed by atoms with Crippen LogP contribution in [0.4, 0.5) is 13.6 Å². The summed E-state index contributed by atoms with van der Waals surface area (Å²) in [7, 11) is 0. The van der Waals surface area contributed by atoms with E-state index < -0.39 is 12.7 Å². The number of likely N-dealkylation sites (tertiary alicyclic amines) is 1. The Bertz CT molecular complexity index is 753. The van der Waals surface area contributed by atoms with Gasteiger partial charge in [-0.15, -0.1) is 0 Å². The molecular formula is C15H14BrF2N3O3. The summed E-state index contributed by atoms with van der Waals surface area (Å²) in [6.07, 6.45) is 2.05. The summed E-state index contributed by atoms with van der Waals surface area (Å²) in [5.41, 5.74) is 1.22. The Morgan fingerprint density at radius 3 is 3.00 bits per heavy atom. The van der Waals surface area contributed by atoms with Crippen LogP contribution in [-0.4, -0.2) is 39.2 Å². The molecule has 2 N–H and O–H groups in total. The minimum Gasteiger partial charge on any atom is -0.465 e. The summed E-state index contributed by atoms with van der Waals surface area (Å²) in [6.45, 7) is -2.45. The molecule has 1 aliphatic rings. The van der Waals surface area contributed by atoms with Crippen LogP contribution in [0.3, 0.4) is 0 Å². The first kappa shape index (κ1) is 16.7. The lowest BCUT2D eigenvalue weighted by molar-refractivity contribution is -0.0503. The van der Waals surface area contributed by atoms with Crippen LogP contribution >= 0.6 is 15.9 Å². The normalized spacial score (nSPS) is 17.5. The number of aromatic amines is 1. The summed E-state index contributed by atoms with van der Waals surface area (Å²) in [5.74, 6) is 0.566. The number of nitrogens with zero attached hydrogens (tertiary/aromatic N) is 2. The molecule has 1 amide bonds. The highest BCUT2D eigenvalue weighted by molar-refractivity contribution is 9.10. The number of amides is 1. The Morgan fingerprint density at radius 1 is 1.50 bits per heavy atom. The van der Waals surface area contributed by atoms with Gasteiger partial charge in [-0.3, -0.25) is 4.90 Å². The van der Waals surface area contributed by atoms with Crippen LogP contribution < -0.4 is 4.74 Å². The number of carbonyl (C=O) groups is 1. The third-order valence-electron chi connectivity index (χ3n) is 3.87. The van der Waals surface area contributed by atoms with Crippen LogP contribution in [0.15, 0.2) is 28.9 Å². The molecule has 6 nitrogen and oxygen atoms in total. The first-order valence-electron chi connectivity index (χ1n) is 7.25. The van der Waals surface area contributed by atoms with Gasteiger partial charge in [0.25, 0.3) is 0 Å². The number of nitrogens with one attached hydrogen (secondary N) is 1. The molecule has 0 saturated carbocycles. The van der Waals surface area contributed by atoms with Crippen molar-refractivity contribution >= 4 is 22.0 Å². The average Bonchev–Trinajstić information content (AvgIpc) is 3.16. The molecule has 1 unspecified atom stereocenters. The van der Waals surface area contributed by atoms with Gasteiger partial charge in [0.15, 0.2) is 0 Å². The zero-order chi connectivity index (χ0) is 17.3. The lowest BCUT2D eigenvalue weighted by atomic mass is 10.1. The number of benzene rings is 1. The van der Waals surface area contributed by atoms with Gasteiger partial charge in [0, 0.05) is 12.1 Å². The minimum absolute atomic E-state index is 0.0201. The first-order valence-corrected chi connectivity index (χ1v) is 8.04. The van der Waals surface area contributed by atoms with E-state index in [0.717, 1.165) is 6.42 Å². The van der Waals surface area contributed by atoms with Crippen molar-refractivity contribution in [2.24, 2.45) is 0 Å². The molecule has 1 aromatic carbocycles. The smallest absolute Gasteiger partial charge is 0.407 e. The number of H-pyrrole nitrogens is 1. The van der Waals surface area contributed by atoms with E-state index in [-0.39, 0.29) is 11.8 Å². The molecule has 24 heavy (non-hydrogen) atoms. The molecule has 0 radical (unpaired) electrons. The van der Waals surface area contributed by atoms with Crippen LogP contribution in [0.2, 0.25) is 0 Å². The number of alkyl halides is 2. The molecule has 2 heterocycles. The lowest BCUT2D eigenvalue weighted by Gasteiger charge is -2.19. The van der Waals surface area contributed by atoms with Crippen molar-refractivity contribution in [3.05, 3.63) is 34.7 Å². The van der Waals surface area contributed by atoms with Crippen LogP contribution in [0.5, 0.6) is 5.75 Å². The highest BCUT2D eigenvalue weighted by Crippen LogP contribution is 2.34. The van der Waals surface area contributed by atoms with E-state index >= 15 is 0 Å². The molecule has 1 aromatic heterocycles. The highest BCUT2D eigenvalue weighted by atomic mass is 79.9. The number of hydrogen-bond donors (Lipinski definition) is 2. The monoisotopic (exact) mass is 401 g/mol. The Balaban J connectivity index is 1.87. The maximum Gasteiger partial charge on any atom is 0.407 e. The molecule has 1 fully saturated rings. The molecule has 0 spiro atoms. The zero-order valence-corrected chi connectivity index (χ0v) is 14.0. The largest absolute Gasteiger partial charge is 0.465 e. The Kier molecular flexibility index (Phi) is 4.70. The molecule has 128 valence electrons. The fraction of sp³-hybridized carbons (Fsp3) is 0.333. The van der Waals surface area contributed by atoms with E-state index in [2.05, 4.69) is 30.6 Å². The predicted octanol–water partition coefficient (Wildman–Crippen LogP) is 4.26. The fourth-order valence-corrected chi connectivity index (χ4v) is 3.13. The van der Waals surface area contributed by atoms with Crippen LogP contribution in [0, 0.1) is 0 Å². The quantitative estimate of drug-likeness (QED) is 0.802. The number of halogens is 3. The minimum atomic E-state index is -2.92. The van der Waals surface area contributed by atoms with Crippen LogP contribution in [0.25, 0.3) is 11.3 Å². The molecule has 1 aliphatic heterocycles. The van der Waals surface area contributed by atoms with Gasteiger partial charge in [-0.2, -0.15) is 8.78 Å². The van der Waals surface area contributed by atoms with Crippen molar-refractivity contribution in [1.29, 1.82) is 0 Å². The molecule has 0 bridgehead atoms. The van der Waals surface area contributed by atoms with Crippen molar-refractivity contribution in [2.45, 2.75) is 25.5 Å². The maximum atomic E-state index is 12.4. The van der Waals surface area contributed by atoms with Crippen molar-refractivity contribution in [1.82, 2.24) is 14.9 Å². The topological polar surface area (TPSA) is 78.4 Å². The number of imidazole rings is 1. The summed E-state index contributed by atoms with van der Waals surface area (Å²) in [4.78, 5) is 19.9. The maximum absolute atomic E-state index is 12.4. The van der Waals surface area contributed by atoms with E-state index in [9.17, 15) is 18.7 Å². The van der Waals surface area contributed by atoms with Crippen molar-refractivity contribution in [3.8, 4) is 17.0 Å². The van der Waals surface area contributed by atoms with E-state index in [1.165, 1.54) is 11.0 Å². The Hall–Kier alpha value is -2.16. The SMILES string of the molecule is O=C(O)N1CCCC1c1ncc(-c2ccc(Br)c(OC(F)F)c2)[nH]1. The van der Waals surface area contributed by atoms with Crippen LogP contribution in [-0.2, 0) is 0 Å². The molecule has 1 saturated heterocycles.